The van der Waals surface area contributed by atoms with E-state index in [1.807, 2.05) is 63.2 Å². The van der Waals surface area contributed by atoms with Crippen molar-refractivity contribution in [3.63, 3.8) is 0 Å². The van der Waals surface area contributed by atoms with Gasteiger partial charge in [-0.05, 0) is 51.0 Å². The van der Waals surface area contributed by atoms with E-state index in [4.69, 9.17) is 4.84 Å². The van der Waals surface area contributed by atoms with Gasteiger partial charge in [-0.3, -0.25) is 4.79 Å². The quantitative estimate of drug-likeness (QED) is 0.468. The van der Waals surface area contributed by atoms with Gasteiger partial charge in [-0.25, -0.2) is 4.68 Å². The molecule has 0 aliphatic carbocycles. The van der Waals surface area contributed by atoms with E-state index in [0.717, 1.165) is 26.9 Å². The number of hydrogen-bond donors (Lipinski definition) is 1. The van der Waals surface area contributed by atoms with Crippen LogP contribution < -0.4 is 5.32 Å². The fraction of sp³-hybridized carbons (Fsp3) is 0.261. The molecule has 2 aromatic carbocycles. The first-order valence-corrected chi connectivity index (χ1v) is 9.67. The van der Waals surface area contributed by atoms with Crippen molar-refractivity contribution in [3.05, 3.63) is 70.8 Å². The minimum Gasteiger partial charge on any atom is -0.393 e. The number of benzene rings is 2. The first-order valence-electron chi connectivity index (χ1n) is 9.67. The highest BCUT2D eigenvalue weighted by atomic mass is 19.1. The van der Waals surface area contributed by atoms with E-state index in [2.05, 4.69) is 15.6 Å². The molecule has 0 radical (unpaired) electrons. The summed E-state index contributed by atoms with van der Waals surface area (Å²) in [5.74, 6) is -1.19. The molecule has 30 heavy (non-hydrogen) atoms. The van der Waals surface area contributed by atoms with Crippen LogP contribution in [-0.2, 0) is 11.9 Å². The van der Waals surface area contributed by atoms with Crippen molar-refractivity contribution >= 4 is 17.8 Å². The number of anilines is 1. The zero-order chi connectivity index (χ0) is 21.8. The van der Waals surface area contributed by atoms with E-state index in [0.29, 0.717) is 11.4 Å². The fourth-order valence-corrected chi connectivity index (χ4v) is 3.04. The van der Waals surface area contributed by atoms with Crippen molar-refractivity contribution in [3.8, 4) is 11.1 Å². The third-order valence-corrected chi connectivity index (χ3v) is 4.50. The second-order valence-electron chi connectivity index (χ2n) is 7.39. The summed E-state index contributed by atoms with van der Waals surface area (Å²) in [5, 5.41) is 10.7. The number of carbonyl (C=O) groups excluding carboxylic acids is 1. The molecule has 0 bridgehead atoms. The van der Waals surface area contributed by atoms with Crippen molar-refractivity contribution in [1.82, 2.24) is 9.78 Å². The zero-order valence-electron chi connectivity index (χ0n) is 17.7. The van der Waals surface area contributed by atoms with Gasteiger partial charge in [-0.15, -0.1) is 0 Å². The third kappa shape index (κ3) is 4.74. The fourth-order valence-electron chi connectivity index (χ4n) is 3.04. The summed E-state index contributed by atoms with van der Waals surface area (Å²) in [7, 11) is 1.47. The highest BCUT2D eigenvalue weighted by Crippen LogP contribution is 2.30. The molecular formula is C23H25FN4O2. The molecule has 1 aromatic heterocycles. The predicted molar refractivity (Wildman–Crippen MR) is 116 cm³/mol. The van der Waals surface area contributed by atoms with Gasteiger partial charge in [0.1, 0.15) is 11.7 Å². The Bertz CT molecular complexity index is 1090. The molecule has 0 fully saturated rings. The van der Waals surface area contributed by atoms with E-state index in [-0.39, 0.29) is 11.7 Å². The number of oxime groups is 1. The molecule has 1 N–H and O–H groups in total. The van der Waals surface area contributed by atoms with Gasteiger partial charge >= 0.3 is 0 Å². The Labute approximate surface area is 175 Å². The number of nitrogens with one attached hydrogen (secondary N) is 1. The average molecular weight is 408 g/mol. The van der Waals surface area contributed by atoms with Crippen LogP contribution in [-0.4, -0.2) is 28.0 Å². The van der Waals surface area contributed by atoms with Gasteiger partial charge in [0.15, 0.2) is 0 Å². The van der Waals surface area contributed by atoms with Gasteiger partial charge < -0.3 is 10.2 Å². The molecule has 0 unspecified atom stereocenters. The van der Waals surface area contributed by atoms with Gasteiger partial charge in [0, 0.05) is 18.3 Å². The molecule has 7 heteroatoms. The van der Waals surface area contributed by atoms with Gasteiger partial charge in [-0.2, -0.15) is 9.49 Å². The number of aromatic nitrogens is 2. The summed E-state index contributed by atoms with van der Waals surface area (Å²) in [6.45, 7) is 7.40. The number of hydrogen-bond acceptors (Lipinski definition) is 4. The Morgan fingerprint density at radius 2 is 1.90 bits per heavy atom. The van der Waals surface area contributed by atoms with Gasteiger partial charge in [0.05, 0.1) is 11.9 Å². The average Bonchev–Trinajstić information content (AvgIpc) is 2.95. The van der Waals surface area contributed by atoms with E-state index in [9.17, 15) is 9.18 Å². The lowest BCUT2D eigenvalue weighted by molar-refractivity contribution is 0.0873. The SMILES string of the molecule is Cc1ccc(NC(=O)c2c(C)nn(C)c2F)c(-c2ccc(/C=N/OC(C)C)cc2)c1. The van der Waals surface area contributed by atoms with Crippen molar-refractivity contribution in [2.45, 2.75) is 33.8 Å². The molecule has 1 amide bonds. The van der Waals surface area contributed by atoms with Gasteiger partial charge in [0.2, 0.25) is 5.95 Å². The highest BCUT2D eigenvalue weighted by molar-refractivity contribution is 6.07. The molecule has 1 heterocycles. The summed E-state index contributed by atoms with van der Waals surface area (Å²) in [6, 6.07) is 13.4. The van der Waals surface area contributed by atoms with Crippen LogP contribution >= 0.6 is 0 Å². The van der Waals surface area contributed by atoms with Crippen LogP contribution in [0.4, 0.5) is 10.1 Å². The van der Waals surface area contributed by atoms with Crippen LogP contribution in [0.1, 0.15) is 41.0 Å². The minimum absolute atomic E-state index is 0.0206. The van der Waals surface area contributed by atoms with E-state index in [1.54, 1.807) is 13.1 Å². The van der Waals surface area contributed by atoms with Crippen LogP contribution in [0.3, 0.4) is 0 Å². The maximum Gasteiger partial charge on any atom is 0.262 e. The molecule has 0 spiro atoms. The molecule has 3 aromatic rings. The highest BCUT2D eigenvalue weighted by Gasteiger charge is 2.21. The van der Waals surface area contributed by atoms with Crippen molar-refractivity contribution in [2.24, 2.45) is 12.2 Å². The lowest BCUT2D eigenvalue weighted by Crippen LogP contribution is -2.15. The number of rotatable bonds is 6. The predicted octanol–water partition coefficient (Wildman–Crippen LogP) is 4.85. The van der Waals surface area contributed by atoms with Crippen molar-refractivity contribution in [1.29, 1.82) is 0 Å². The molecule has 0 atom stereocenters. The molecule has 0 saturated heterocycles. The first kappa shape index (κ1) is 21.2. The smallest absolute Gasteiger partial charge is 0.262 e. The van der Waals surface area contributed by atoms with Crippen molar-refractivity contribution in [2.75, 3.05) is 5.32 Å². The number of halogens is 1. The summed E-state index contributed by atoms with van der Waals surface area (Å²) in [4.78, 5) is 17.9. The summed E-state index contributed by atoms with van der Waals surface area (Å²) in [6.07, 6.45) is 1.67. The molecule has 3 rings (SSSR count). The van der Waals surface area contributed by atoms with E-state index < -0.39 is 11.9 Å². The van der Waals surface area contributed by atoms with Crippen LogP contribution in [0.2, 0.25) is 0 Å². The normalized spacial score (nSPS) is 11.3. The van der Waals surface area contributed by atoms with Crippen LogP contribution in [0.15, 0.2) is 47.6 Å². The largest absolute Gasteiger partial charge is 0.393 e. The second-order valence-corrected chi connectivity index (χ2v) is 7.39. The molecule has 156 valence electrons. The molecule has 0 aliphatic heterocycles. The molecule has 6 nitrogen and oxygen atoms in total. The third-order valence-electron chi connectivity index (χ3n) is 4.50. The number of amides is 1. The standard InChI is InChI=1S/C23H25FN4O2/c1-14(2)30-25-13-17-7-9-18(10-8-17)19-12-15(3)6-11-20(19)26-23(29)21-16(4)27-28(5)22(21)24/h6-14H,1-5H3,(H,26,29)/b25-13+. The van der Waals surface area contributed by atoms with Crippen LogP contribution in [0.5, 0.6) is 0 Å². The van der Waals surface area contributed by atoms with Crippen molar-refractivity contribution < 1.29 is 14.0 Å². The molecule has 0 aliphatic rings. The molecule has 0 saturated carbocycles. The maximum atomic E-state index is 14.3. The number of carbonyl (C=O) groups is 1. The molecular weight excluding hydrogens is 383 g/mol. The lowest BCUT2D eigenvalue weighted by Gasteiger charge is -2.13. The Kier molecular flexibility index (Phi) is 6.30. The number of nitrogens with zero attached hydrogens (tertiary/aromatic N) is 3. The van der Waals surface area contributed by atoms with Crippen LogP contribution in [0, 0.1) is 19.8 Å². The maximum absolute atomic E-state index is 14.3. The number of aryl methyl sites for hydroxylation is 3. The lowest BCUT2D eigenvalue weighted by atomic mass is 10.00. The van der Waals surface area contributed by atoms with Crippen LogP contribution in [0.25, 0.3) is 11.1 Å². The summed E-state index contributed by atoms with van der Waals surface area (Å²) < 4.78 is 15.3. The summed E-state index contributed by atoms with van der Waals surface area (Å²) >= 11 is 0. The second kappa shape index (κ2) is 8.90. The zero-order valence-corrected chi connectivity index (χ0v) is 17.7. The van der Waals surface area contributed by atoms with E-state index >= 15 is 0 Å². The van der Waals surface area contributed by atoms with E-state index in [1.165, 1.54) is 7.05 Å². The topological polar surface area (TPSA) is 68.5 Å². The Morgan fingerprint density at radius 1 is 1.20 bits per heavy atom. The van der Waals surface area contributed by atoms with Gasteiger partial charge in [-0.1, -0.05) is 41.1 Å². The summed E-state index contributed by atoms with van der Waals surface area (Å²) in [5.41, 5.74) is 4.58. The Morgan fingerprint density at radius 3 is 2.50 bits per heavy atom. The van der Waals surface area contributed by atoms with Gasteiger partial charge in [0.25, 0.3) is 5.91 Å². The Hall–Kier alpha value is -3.48. The Balaban J connectivity index is 1.89. The first-order chi connectivity index (χ1) is 14.3. The monoisotopic (exact) mass is 408 g/mol. The minimum atomic E-state index is -0.661.